The Balaban J connectivity index is 1.60. The van der Waals surface area contributed by atoms with Crippen molar-refractivity contribution >= 4 is 18.5 Å². The Hall–Kier alpha value is -1.79. The fraction of sp³-hybridized carbons (Fsp3) is 0.231. The van der Waals surface area contributed by atoms with Crippen molar-refractivity contribution in [2.75, 3.05) is 0 Å². The second kappa shape index (κ2) is 8.52. The Labute approximate surface area is 178 Å². The summed E-state index contributed by atoms with van der Waals surface area (Å²) in [4.78, 5) is 4.36. The molecule has 0 N–H and O–H groups in total. The molecule has 4 rings (SSSR count). The summed E-state index contributed by atoms with van der Waals surface area (Å²) in [5.41, 5.74) is 1.45. The first-order chi connectivity index (χ1) is 13.9. The normalized spacial score (nSPS) is 19.5. The lowest BCUT2D eigenvalue weighted by molar-refractivity contribution is 0.203. The van der Waals surface area contributed by atoms with Gasteiger partial charge in [0.1, 0.15) is 0 Å². The van der Waals surface area contributed by atoms with Crippen LogP contribution < -0.4 is 10.6 Å². The zero-order valence-corrected chi connectivity index (χ0v) is 18.5. The Morgan fingerprint density at radius 1 is 0.828 bits per heavy atom. The molecule has 2 aromatic rings. The Bertz CT molecular complexity index is 772. The highest BCUT2D eigenvalue weighted by Gasteiger charge is 2.42. The van der Waals surface area contributed by atoms with Crippen molar-refractivity contribution in [2.45, 2.75) is 39.3 Å². The fourth-order valence-electron chi connectivity index (χ4n) is 3.63. The summed E-state index contributed by atoms with van der Waals surface area (Å²) in [5, 5.41) is 2.77. The van der Waals surface area contributed by atoms with Gasteiger partial charge in [0.15, 0.2) is 0 Å². The van der Waals surface area contributed by atoms with Crippen molar-refractivity contribution < 1.29 is 0 Å². The molecule has 0 spiro atoms. The highest BCUT2D eigenvalue weighted by atomic mass is 31.1. The Morgan fingerprint density at radius 3 is 1.93 bits per heavy atom. The van der Waals surface area contributed by atoms with E-state index < -0.39 is 7.92 Å². The van der Waals surface area contributed by atoms with Crippen LogP contribution in [0.4, 0.5) is 0 Å². The summed E-state index contributed by atoms with van der Waals surface area (Å²) in [6.07, 6.45) is 11.0. The van der Waals surface area contributed by atoms with Gasteiger partial charge in [0, 0.05) is 35.6 Å². The lowest BCUT2D eigenvalue weighted by atomic mass is 9.98. The molecule has 1 aliphatic heterocycles. The van der Waals surface area contributed by atoms with Crippen molar-refractivity contribution in [1.82, 2.24) is 9.80 Å². The molecular formula is C26H28N2P. The molecule has 0 bridgehead atoms. The first kappa shape index (κ1) is 20.5. The van der Waals surface area contributed by atoms with Crippen LogP contribution >= 0.6 is 7.92 Å². The molecular weight excluding hydrogens is 371 g/mol. The van der Waals surface area contributed by atoms with Crippen LogP contribution in [-0.4, -0.2) is 21.4 Å². The monoisotopic (exact) mass is 399 g/mol. The molecule has 3 heteroatoms. The van der Waals surface area contributed by atoms with Crippen molar-refractivity contribution in [1.29, 1.82) is 0 Å². The first-order valence-corrected chi connectivity index (χ1v) is 11.5. The molecule has 0 amide bonds. The maximum Gasteiger partial charge on any atom is 0.208 e. The molecule has 1 aliphatic carbocycles. The van der Waals surface area contributed by atoms with Crippen LogP contribution in [0.3, 0.4) is 0 Å². The van der Waals surface area contributed by atoms with E-state index in [0.717, 1.165) is 0 Å². The van der Waals surface area contributed by atoms with Crippen molar-refractivity contribution in [3.63, 3.8) is 0 Å². The van der Waals surface area contributed by atoms with Gasteiger partial charge in [-0.05, 0) is 65.5 Å². The van der Waals surface area contributed by atoms with Crippen molar-refractivity contribution in [2.24, 2.45) is 0 Å². The third-order valence-electron chi connectivity index (χ3n) is 5.28. The molecule has 2 aromatic carbocycles. The zero-order chi connectivity index (χ0) is 20.4. The standard InChI is InChI=1S/C26H28N2P/c1-21(27-18-19-28(20-27)26(2,3)4)24-16-11-17-25(24)29(22-12-7-5-8-13-22)23-14-9-6-10-15-23/h5-19,21H,1-4H3/t21-/m1/s1. The van der Waals surface area contributed by atoms with Gasteiger partial charge >= 0.3 is 0 Å². The summed E-state index contributed by atoms with van der Waals surface area (Å²) in [5.74, 6) is 1.37. The molecule has 2 aliphatic rings. The third-order valence-corrected chi connectivity index (χ3v) is 7.80. The molecule has 0 aromatic heterocycles. The van der Waals surface area contributed by atoms with Crippen LogP contribution in [0.1, 0.15) is 27.7 Å². The maximum absolute atomic E-state index is 3.53. The largest absolute Gasteiger partial charge is 0.343 e. The maximum atomic E-state index is 3.53. The molecule has 29 heavy (non-hydrogen) atoms. The predicted molar refractivity (Wildman–Crippen MR) is 124 cm³/mol. The smallest absolute Gasteiger partial charge is 0.208 e. The molecule has 1 atom stereocenters. The van der Waals surface area contributed by atoms with Gasteiger partial charge in [-0.1, -0.05) is 60.7 Å². The molecule has 0 saturated heterocycles. The molecule has 1 heterocycles. The average Bonchev–Trinajstić information content (AvgIpc) is 3.39. The highest BCUT2D eigenvalue weighted by molar-refractivity contribution is 7.76. The first-order valence-electron chi connectivity index (χ1n) is 10.1. The van der Waals surface area contributed by atoms with Gasteiger partial charge in [-0.15, -0.1) is 0 Å². The Morgan fingerprint density at radius 2 is 1.41 bits per heavy atom. The van der Waals surface area contributed by atoms with Gasteiger partial charge in [-0.25, -0.2) is 0 Å². The van der Waals surface area contributed by atoms with E-state index in [2.05, 4.69) is 136 Å². The summed E-state index contributed by atoms with van der Waals surface area (Å²) >= 11 is 0. The number of rotatable bonds is 5. The average molecular weight is 399 g/mol. The minimum atomic E-state index is -0.602. The predicted octanol–water partition coefficient (Wildman–Crippen LogP) is 5.12. The van der Waals surface area contributed by atoms with Gasteiger partial charge in [0.2, 0.25) is 6.67 Å². The summed E-state index contributed by atoms with van der Waals surface area (Å²) in [6, 6.07) is 22.0. The van der Waals surface area contributed by atoms with Crippen molar-refractivity contribution in [3.05, 3.63) is 111 Å². The van der Waals surface area contributed by atoms with Crippen LogP contribution in [0.25, 0.3) is 0 Å². The van der Waals surface area contributed by atoms with Crippen LogP contribution in [0.5, 0.6) is 0 Å². The van der Waals surface area contributed by atoms with Crippen LogP contribution in [0.2, 0.25) is 0 Å². The van der Waals surface area contributed by atoms with E-state index in [-0.39, 0.29) is 11.6 Å². The van der Waals surface area contributed by atoms with Gasteiger partial charge in [0.25, 0.3) is 0 Å². The molecule has 147 valence electrons. The second-order valence-electron chi connectivity index (χ2n) is 8.40. The number of hydrogen-bond donors (Lipinski definition) is 0. The quantitative estimate of drug-likeness (QED) is 0.644. The number of nitrogens with zero attached hydrogens (tertiary/aromatic N) is 2. The van der Waals surface area contributed by atoms with E-state index in [9.17, 15) is 0 Å². The van der Waals surface area contributed by atoms with E-state index in [1.165, 1.54) is 22.2 Å². The van der Waals surface area contributed by atoms with Crippen LogP contribution in [0, 0.1) is 37.5 Å². The summed E-state index contributed by atoms with van der Waals surface area (Å²) in [6.45, 7) is 12.4. The molecule has 1 saturated carbocycles. The van der Waals surface area contributed by atoms with Crippen molar-refractivity contribution in [3.8, 4) is 0 Å². The summed E-state index contributed by atoms with van der Waals surface area (Å²) in [7, 11) is -0.602. The van der Waals surface area contributed by atoms with Gasteiger partial charge in [-0.3, -0.25) is 0 Å². The third kappa shape index (κ3) is 4.38. The molecule has 2 nitrogen and oxygen atoms in total. The van der Waals surface area contributed by atoms with E-state index in [1.54, 1.807) is 0 Å². The number of hydrogen-bond acceptors (Lipinski definition) is 2. The zero-order valence-electron chi connectivity index (χ0n) is 17.6. The number of benzene rings is 2. The van der Waals surface area contributed by atoms with Crippen LogP contribution in [0.15, 0.2) is 73.1 Å². The van der Waals surface area contributed by atoms with E-state index in [0.29, 0.717) is 0 Å². The minimum absolute atomic E-state index is 0.0283. The minimum Gasteiger partial charge on any atom is -0.343 e. The SMILES string of the molecule is C[C@H]([C]1[CH][CH][CH][C]1P(c1ccccc1)c1ccccc1)N1[C]N(C(C)(C)C)C=C1. The van der Waals surface area contributed by atoms with E-state index in [1.807, 2.05) is 0 Å². The highest BCUT2D eigenvalue weighted by Crippen LogP contribution is 2.57. The van der Waals surface area contributed by atoms with Crippen LogP contribution in [-0.2, 0) is 0 Å². The lowest BCUT2D eigenvalue weighted by Crippen LogP contribution is -2.39. The lowest BCUT2D eigenvalue weighted by Gasteiger charge is -2.37. The second-order valence-corrected chi connectivity index (χ2v) is 10.6. The molecule has 1 fully saturated rings. The molecule has 7 radical (unpaired) electrons. The van der Waals surface area contributed by atoms with Gasteiger partial charge in [-0.2, -0.15) is 0 Å². The van der Waals surface area contributed by atoms with E-state index in [4.69, 9.17) is 0 Å². The van der Waals surface area contributed by atoms with E-state index >= 15 is 0 Å². The fourth-order valence-corrected chi connectivity index (χ4v) is 6.18. The summed E-state index contributed by atoms with van der Waals surface area (Å²) < 4.78 is 0. The van der Waals surface area contributed by atoms with Gasteiger partial charge in [0.05, 0.1) is 0 Å². The van der Waals surface area contributed by atoms with Gasteiger partial charge < -0.3 is 9.80 Å². The topological polar surface area (TPSA) is 6.48 Å². The molecule has 0 unspecified atom stereocenters. The Kier molecular flexibility index (Phi) is 6.02.